The molecule has 0 bridgehead atoms. The van der Waals surface area contributed by atoms with E-state index in [0.717, 1.165) is 11.5 Å². The molecule has 4 nitrogen and oxygen atoms in total. The summed E-state index contributed by atoms with van der Waals surface area (Å²) in [5.41, 5.74) is 0. The minimum absolute atomic E-state index is 0.0289. The van der Waals surface area contributed by atoms with Crippen molar-refractivity contribution in [2.75, 3.05) is 24.6 Å². The van der Waals surface area contributed by atoms with E-state index in [1.54, 1.807) is 9.80 Å². The molecule has 19 heavy (non-hydrogen) atoms. The highest BCUT2D eigenvalue weighted by Gasteiger charge is 2.26. The van der Waals surface area contributed by atoms with E-state index in [4.69, 9.17) is 24.4 Å². The zero-order valence-electron chi connectivity index (χ0n) is 10.3. The predicted octanol–water partition coefficient (Wildman–Crippen LogP) is 1.88. The maximum atomic E-state index is 11.9. The molecule has 2 amide bonds. The third kappa shape index (κ3) is 3.90. The van der Waals surface area contributed by atoms with Gasteiger partial charge < -0.3 is 0 Å². The van der Waals surface area contributed by atoms with Crippen molar-refractivity contribution >= 4 is 68.4 Å². The van der Waals surface area contributed by atoms with E-state index in [1.165, 1.54) is 23.5 Å². The van der Waals surface area contributed by atoms with Crippen LogP contribution in [0.2, 0.25) is 0 Å². The van der Waals surface area contributed by atoms with Crippen LogP contribution in [0.3, 0.4) is 0 Å². The highest BCUT2D eigenvalue weighted by atomic mass is 32.2. The number of carbonyl (C=O) groups excluding carboxylic acids is 2. The first kappa shape index (κ1) is 15.2. The zero-order valence-corrected chi connectivity index (χ0v) is 13.6. The van der Waals surface area contributed by atoms with Crippen molar-refractivity contribution in [2.24, 2.45) is 0 Å². The van der Waals surface area contributed by atoms with Gasteiger partial charge in [0, 0.05) is 37.4 Å². The Labute approximate surface area is 131 Å². The molecule has 0 unspecified atom stereocenters. The van der Waals surface area contributed by atoms with E-state index >= 15 is 0 Å². The molecule has 104 valence electrons. The fraction of sp³-hybridized carbons (Fsp3) is 0.636. The Hall–Kier alpha value is -0.180. The van der Waals surface area contributed by atoms with Crippen LogP contribution in [-0.2, 0) is 9.59 Å². The fourth-order valence-electron chi connectivity index (χ4n) is 1.90. The number of hydrogen-bond donors (Lipinski definition) is 0. The first-order valence-corrected chi connectivity index (χ1v) is 8.82. The average molecular weight is 335 g/mol. The van der Waals surface area contributed by atoms with Crippen molar-refractivity contribution < 1.29 is 9.59 Å². The maximum Gasteiger partial charge on any atom is 0.228 e. The quantitative estimate of drug-likeness (QED) is 0.731. The van der Waals surface area contributed by atoms with Gasteiger partial charge in [-0.05, 0) is 6.42 Å². The summed E-state index contributed by atoms with van der Waals surface area (Å²) < 4.78 is 1.32. The number of rotatable bonds is 4. The Kier molecular flexibility index (Phi) is 5.61. The molecule has 0 aliphatic carbocycles. The number of hydrogen-bond acceptors (Lipinski definition) is 6. The van der Waals surface area contributed by atoms with Crippen molar-refractivity contribution in [3.8, 4) is 0 Å². The molecule has 2 heterocycles. The Morgan fingerprint density at radius 1 is 0.947 bits per heavy atom. The molecule has 8 heteroatoms. The van der Waals surface area contributed by atoms with E-state index in [-0.39, 0.29) is 11.8 Å². The van der Waals surface area contributed by atoms with Gasteiger partial charge in [-0.15, -0.1) is 0 Å². The molecule has 2 aliphatic heterocycles. The Bertz CT molecular complexity index is 389. The van der Waals surface area contributed by atoms with Crippen LogP contribution in [0.4, 0.5) is 0 Å². The van der Waals surface area contributed by atoms with Crippen molar-refractivity contribution in [1.82, 2.24) is 9.80 Å². The van der Waals surface area contributed by atoms with Crippen LogP contribution in [0, 0.1) is 0 Å². The summed E-state index contributed by atoms with van der Waals surface area (Å²) in [6, 6.07) is 0. The molecule has 0 aromatic heterocycles. The zero-order chi connectivity index (χ0) is 13.8. The maximum absolute atomic E-state index is 11.9. The number of thioether (sulfide) groups is 2. The first-order valence-electron chi connectivity index (χ1n) is 6.04. The molecule has 2 fully saturated rings. The molecule has 0 aromatic carbocycles. The summed E-state index contributed by atoms with van der Waals surface area (Å²) in [6.45, 7) is 1.40. The fourth-order valence-corrected chi connectivity index (χ4v) is 4.38. The minimum Gasteiger partial charge on any atom is -0.297 e. The molecule has 0 atom stereocenters. The number of carbonyl (C=O) groups is 2. The molecule has 0 saturated carbocycles. The highest BCUT2D eigenvalue weighted by Crippen LogP contribution is 2.21. The lowest BCUT2D eigenvalue weighted by Gasteiger charge is -2.16. The summed E-state index contributed by atoms with van der Waals surface area (Å²) in [5, 5.41) is 0. The van der Waals surface area contributed by atoms with Gasteiger partial charge in [0.25, 0.3) is 0 Å². The molecule has 0 aromatic rings. The van der Waals surface area contributed by atoms with Crippen LogP contribution in [0.15, 0.2) is 0 Å². The van der Waals surface area contributed by atoms with Gasteiger partial charge in [0.15, 0.2) is 0 Å². The van der Waals surface area contributed by atoms with E-state index in [0.29, 0.717) is 41.0 Å². The normalized spacial score (nSPS) is 19.4. The molecule has 0 radical (unpaired) electrons. The lowest BCUT2D eigenvalue weighted by atomic mass is 10.2. The molecular weight excluding hydrogens is 320 g/mol. The van der Waals surface area contributed by atoms with Crippen LogP contribution in [0.25, 0.3) is 0 Å². The van der Waals surface area contributed by atoms with Crippen LogP contribution >= 0.6 is 48.0 Å². The lowest BCUT2D eigenvalue weighted by molar-refractivity contribution is -0.128. The van der Waals surface area contributed by atoms with Crippen molar-refractivity contribution in [3.05, 3.63) is 0 Å². The Morgan fingerprint density at radius 3 is 1.68 bits per heavy atom. The van der Waals surface area contributed by atoms with Crippen molar-refractivity contribution in [2.45, 2.75) is 19.3 Å². The van der Waals surface area contributed by atoms with Gasteiger partial charge in [0.05, 0.1) is 0 Å². The van der Waals surface area contributed by atoms with Crippen LogP contribution in [-0.4, -0.2) is 54.9 Å². The van der Waals surface area contributed by atoms with E-state index in [1.807, 2.05) is 0 Å². The standard InChI is InChI=1S/C11H14N2O2S4/c14-8(12-4-6-18-10(12)16)2-1-3-9(15)13-5-7-19-11(13)17/h1-7H2. The minimum atomic E-state index is 0.0289. The van der Waals surface area contributed by atoms with E-state index in [2.05, 4.69) is 0 Å². The average Bonchev–Trinajstić information content (AvgIpc) is 2.97. The monoisotopic (exact) mass is 334 g/mol. The first-order chi connectivity index (χ1) is 9.09. The van der Waals surface area contributed by atoms with Gasteiger partial charge in [0.2, 0.25) is 11.8 Å². The summed E-state index contributed by atoms with van der Waals surface area (Å²) in [7, 11) is 0. The Morgan fingerprint density at radius 2 is 1.37 bits per heavy atom. The second-order valence-electron chi connectivity index (χ2n) is 4.17. The number of amides is 2. The molecular formula is C11H14N2O2S4. The van der Waals surface area contributed by atoms with Gasteiger partial charge in [-0.2, -0.15) is 0 Å². The molecule has 0 N–H and O–H groups in total. The van der Waals surface area contributed by atoms with Gasteiger partial charge in [0.1, 0.15) is 8.64 Å². The largest absolute Gasteiger partial charge is 0.297 e. The smallest absolute Gasteiger partial charge is 0.228 e. The second-order valence-corrected chi connectivity index (χ2v) is 7.63. The number of nitrogens with zero attached hydrogens (tertiary/aromatic N) is 2. The summed E-state index contributed by atoms with van der Waals surface area (Å²) in [6.07, 6.45) is 1.31. The van der Waals surface area contributed by atoms with Gasteiger partial charge in [-0.25, -0.2) is 0 Å². The topological polar surface area (TPSA) is 40.6 Å². The molecule has 0 spiro atoms. The highest BCUT2D eigenvalue weighted by molar-refractivity contribution is 8.23. The lowest BCUT2D eigenvalue weighted by Crippen LogP contribution is -2.32. The second kappa shape index (κ2) is 7.01. The van der Waals surface area contributed by atoms with Gasteiger partial charge >= 0.3 is 0 Å². The Balaban J connectivity index is 1.71. The SMILES string of the molecule is O=C(CCCC(=O)N1CCSC1=S)N1CCSC1=S. The van der Waals surface area contributed by atoms with Crippen LogP contribution in [0.1, 0.15) is 19.3 Å². The third-order valence-corrected chi connectivity index (χ3v) is 5.76. The molecule has 2 aliphatic rings. The summed E-state index contributed by atoms with van der Waals surface area (Å²) in [5.74, 6) is 1.81. The van der Waals surface area contributed by atoms with Crippen molar-refractivity contribution in [1.29, 1.82) is 0 Å². The van der Waals surface area contributed by atoms with Gasteiger partial charge in [-0.3, -0.25) is 19.4 Å². The summed E-state index contributed by atoms with van der Waals surface area (Å²) >= 11 is 13.3. The molecule has 2 rings (SSSR count). The predicted molar refractivity (Wildman–Crippen MR) is 87.4 cm³/mol. The van der Waals surface area contributed by atoms with Crippen LogP contribution < -0.4 is 0 Å². The van der Waals surface area contributed by atoms with Crippen molar-refractivity contribution in [3.63, 3.8) is 0 Å². The van der Waals surface area contributed by atoms with E-state index < -0.39 is 0 Å². The van der Waals surface area contributed by atoms with Crippen LogP contribution in [0.5, 0.6) is 0 Å². The summed E-state index contributed by atoms with van der Waals surface area (Å²) in [4.78, 5) is 27.1. The van der Waals surface area contributed by atoms with Gasteiger partial charge in [-0.1, -0.05) is 48.0 Å². The van der Waals surface area contributed by atoms with E-state index in [9.17, 15) is 9.59 Å². The molecule has 2 saturated heterocycles. The number of thiocarbonyl (C=S) groups is 2. The third-order valence-electron chi connectivity index (χ3n) is 2.91.